The number of aromatic nitrogens is 1. The number of fused-ring (bicyclic) bond motifs is 1. The lowest BCUT2D eigenvalue weighted by Gasteiger charge is -2.15. The van der Waals surface area contributed by atoms with Gasteiger partial charge in [0.1, 0.15) is 5.75 Å². The Labute approximate surface area is 120 Å². The van der Waals surface area contributed by atoms with Crippen LogP contribution in [0.1, 0.15) is 13.8 Å². The Hall–Kier alpha value is -0.910. The van der Waals surface area contributed by atoms with Gasteiger partial charge in [-0.05, 0) is 44.3 Å². The second-order valence-electron chi connectivity index (χ2n) is 3.61. The van der Waals surface area contributed by atoms with Crippen molar-refractivity contribution in [3.8, 4) is 5.75 Å². The van der Waals surface area contributed by atoms with Gasteiger partial charge in [-0.3, -0.25) is 0 Å². The fourth-order valence-corrected chi connectivity index (χ4v) is 2.69. The topological polar surface area (TPSA) is 31.4 Å². The molecule has 1 atom stereocenters. The Bertz CT molecular complexity index is 570. The van der Waals surface area contributed by atoms with Crippen molar-refractivity contribution in [2.45, 2.75) is 20.0 Å². The molecule has 0 aliphatic rings. The van der Waals surface area contributed by atoms with Crippen LogP contribution in [0.2, 0.25) is 4.47 Å². The van der Waals surface area contributed by atoms with E-state index in [0.717, 1.165) is 16.0 Å². The third-order valence-electron chi connectivity index (χ3n) is 2.27. The lowest BCUT2D eigenvalue weighted by Crippen LogP contribution is -2.24. The first-order valence-corrected chi connectivity index (χ1v) is 7.10. The van der Waals surface area contributed by atoms with E-state index >= 15 is 0 Å². The fourth-order valence-electron chi connectivity index (χ4n) is 1.46. The number of benzene rings is 1. The molecule has 0 fully saturated rings. The van der Waals surface area contributed by atoms with Gasteiger partial charge in [-0.25, -0.2) is 4.98 Å². The molecule has 2 rings (SSSR count). The predicted molar refractivity (Wildman–Crippen MR) is 78.9 cm³/mol. The van der Waals surface area contributed by atoms with Gasteiger partial charge in [0.25, 0.3) is 0 Å². The molecule has 6 heteroatoms. The standard InChI is InChI=1S/C12H12ClNO2S2/c1-3-15-11(17)7(2)16-8-4-5-9-10(6-8)18-12(13)14-9/h4-7H,3H2,1-2H3. The van der Waals surface area contributed by atoms with Crippen LogP contribution in [-0.2, 0) is 4.74 Å². The zero-order valence-electron chi connectivity index (χ0n) is 9.97. The van der Waals surface area contributed by atoms with Crippen molar-refractivity contribution < 1.29 is 9.47 Å². The molecule has 1 aromatic heterocycles. The van der Waals surface area contributed by atoms with Gasteiger partial charge in [0.05, 0.1) is 16.8 Å². The molecule has 0 radical (unpaired) electrons. The molecule has 2 aromatic rings. The summed E-state index contributed by atoms with van der Waals surface area (Å²) in [6.45, 7) is 4.31. The Morgan fingerprint density at radius 3 is 3.06 bits per heavy atom. The molecule has 0 spiro atoms. The average molecular weight is 302 g/mol. The summed E-state index contributed by atoms with van der Waals surface area (Å²) in [6, 6.07) is 5.64. The van der Waals surface area contributed by atoms with Crippen LogP contribution in [0.5, 0.6) is 5.75 Å². The number of hydrogen-bond donors (Lipinski definition) is 0. The van der Waals surface area contributed by atoms with E-state index in [1.807, 2.05) is 32.0 Å². The number of thiazole rings is 1. The van der Waals surface area contributed by atoms with Crippen molar-refractivity contribution >= 4 is 50.4 Å². The van der Waals surface area contributed by atoms with Gasteiger partial charge < -0.3 is 9.47 Å². The Balaban J connectivity index is 2.13. The summed E-state index contributed by atoms with van der Waals surface area (Å²) < 4.78 is 12.5. The van der Waals surface area contributed by atoms with E-state index in [0.29, 0.717) is 16.1 Å². The van der Waals surface area contributed by atoms with Crippen LogP contribution >= 0.6 is 35.2 Å². The monoisotopic (exact) mass is 301 g/mol. The third kappa shape index (κ3) is 3.10. The molecule has 3 nitrogen and oxygen atoms in total. The first kappa shape index (κ1) is 13.5. The Morgan fingerprint density at radius 1 is 1.56 bits per heavy atom. The van der Waals surface area contributed by atoms with E-state index in [-0.39, 0.29) is 6.10 Å². The lowest BCUT2D eigenvalue weighted by molar-refractivity contribution is 0.230. The second kappa shape index (κ2) is 5.82. The summed E-state index contributed by atoms with van der Waals surface area (Å²) in [4.78, 5) is 4.18. The first-order chi connectivity index (χ1) is 8.60. The third-order valence-corrected chi connectivity index (χ3v) is 3.84. The van der Waals surface area contributed by atoms with E-state index < -0.39 is 0 Å². The molecule has 0 amide bonds. The molecule has 0 aliphatic heterocycles. The zero-order chi connectivity index (χ0) is 13.1. The molecule has 0 bridgehead atoms. The number of rotatable bonds is 4. The quantitative estimate of drug-likeness (QED) is 0.796. The fraction of sp³-hybridized carbons (Fsp3) is 0.333. The summed E-state index contributed by atoms with van der Waals surface area (Å²) in [5.74, 6) is 0.734. The molecule has 0 N–H and O–H groups in total. The maximum absolute atomic E-state index is 5.86. The maximum Gasteiger partial charge on any atom is 0.200 e. The van der Waals surface area contributed by atoms with Gasteiger partial charge in [0, 0.05) is 0 Å². The smallest absolute Gasteiger partial charge is 0.200 e. The van der Waals surface area contributed by atoms with Crippen molar-refractivity contribution in [2.24, 2.45) is 0 Å². The van der Waals surface area contributed by atoms with Gasteiger partial charge in [-0.15, -0.1) is 11.3 Å². The highest BCUT2D eigenvalue weighted by Crippen LogP contribution is 2.29. The largest absolute Gasteiger partial charge is 0.484 e. The first-order valence-electron chi connectivity index (χ1n) is 5.49. The summed E-state index contributed by atoms with van der Waals surface area (Å²) in [7, 11) is 0. The molecular formula is C12H12ClNO2S2. The van der Waals surface area contributed by atoms with Crippen molar-refractivity contribution in [2.75, 3.05) is 6.61 Å². The Morgan fingerprint density at radius 2 is 2.33 bits per heavy atom. The van der Waals surface area contributed by atoms with Crippen LogP contribution in [0.3, 0.4) is 0 Å². The van der Waals surface area contributed by atoms with E-state index in [9.17, 15) is 0 Å². The highest BCUT2D eigenvalue weighted by molar-refractivity contribution is 7.80. The Kier molecular flexibility index (Phi) is 4.37. The van der Waals surface area contributed by atoms with Gasteiger partial charge in [0.2, 0.25) is 5.05 Å². The summed E-state index contributed by atoms with van der Waals surface area (Å²) in [6.07, 6.45) is -0.263. The van der Waals surface area contributed by atoms with Crippen molar-refractivity contribution in [1.29, 1.82) is 0 Å². The molecule has 0 aliphatic carbocycles. The van der Waals surface area contributed by atoms with Crippen LogP contribution < -0.4 is 4.74 Å². The van der Waals surface area contributed by atoms with Gasteiger partial charge in [0.15, 0.2) is 10.6 Å². The van der Waals surface area contributed by atoms with E-state index in [4.69, 9.17) is 33.3 Å². The minimum Gasteiger partial charge on any atom is -0.484 e. The van der Waals surface area contributed by atoms with Crippen LogP contribution in [0.25, 0.3) is 10.2 Å². The van der Waals surface area contributed by atoms with Gasteiger partial charge >= 0.3 is 0 Å². The number of ether oxygens (including phenoxy) is 2. The summed E-state index contributed by atoms with van der Waals surface area (Å²) in [5.41, 5.74) is 0.873. The second-order valence-corrected chi connectivity index (χ2v) is 5.62. The summed E-state index contributed by atoms with van der Waals surface area (Å²) >= 11 is 12.4. The maximum atomic E-state index is 5.86. The van der Waals surface area contributed by atoms with Crippen LogP contribution in [-0.4, -0.2) is 22.7 Å². The molecule has 18 heavy (non-hydrogen) atoms. The lowest BCUT2D eigenvalue weighted by atomic mass is 10.3. The highest BCUT2D eigenvalue weighted by Gasteiger charge is 2.12. The molecule has 0 saturated heterocycles. The number of hydrogen-bond acceptors (Lipinski definition) is 5. The van der Waals surface area contributed by atoms with Crippen molar-refractivity contribution in [1.82, 2.24) is 4.98 Å². The molecule has 1 heterocycles. The highest BCUT2D eigenvalue weighted by atomic mass is 35.5. The van der Waals surface area contributed by atoms with Crippen molar-refractivity contribution in [3.63, 3.8) is 0 Å². The SMILES string of the molecule is CCOC(=S)C(C)Oc1ccc2nc(Cl)sc2c1. The molecule has 96 valence electrons. The normalized spacial score (nSPS) is 12.4. The molecular weight excluding hydrogens is 290 g/mol. The van der Waals surface area contributed by atoms with Crippen molar-refractivity contribution in [3.05, 3.63) is 22.7 Å². The van der Waals surface area contributed by atoms with Gasteiger partial charge in [-0.1, -0.05) is 11.6 Å². The van der Waals surface area contributed by atoms with Crippen LogP contribution in [0.4, 0.5) is 0 Å². The number of nitrogens with zero attached hydrogens (tertiary/aromatic N) is 1. The zero-order valence-corrected chi connectivity index (χ0v) is 12.4. The van der Waals surface area contributed by atoms with Crippen LogP contribution in [0, 0.1) is 0 Å². The van der Waals surface area contributed by atoms with Gasteiger partial charge in [-0.2, -0.15) is 0 Å². The number of halogens is 1. The summed E-state index contributed by atoms with van der Waals surface area (Å²) in [5, 5.41) is 0.458. The van der Waals surface area contributed by atoms with E-state index in [1.165, 1.54) is 11.3 Å². The number of thiocarbonyl (C=S) groups is 1. The minimum absolute atomic E-state index is 0.263. The minimum atomic E-state index is -0.263. The van der Waals surface area contributed by atoms with E-state index in [2.05, 4.69) is 4.98 Å². The predicted octanol–water partition coefficient (Wildman–Crippen LogP) is 4.08. The molecule has 1 unspecified atom stereocenters. The van der Waals surface area contributed by atoms with E-state index in [1.54, 1.807) is 0 Å². The molecule has 0 saturated carbocycles. The van der Waals surface area contributed by atoms with Crippen LogP contribution in [0.15, 0.2) is 18.2 Å². The molecule has 1 aromatic carbocycles. The average Bonchev–Trinajstić information content (AvgIpc) is 2.68.